The lowest BCUT2D eigenvalue weighted by Gasteiger charge is -2.30. The molecule has 0 bridgehead atoms. The average molecular weight is 394 g/mol. The smallest absolute Gasteiger partial charge is 0.251 e. The van der Waals surface area contributed by atoms with Gasteiger partial charge in [-0.15, -0.1) is 0 Å². The fourth-order valence-corrected chi connectivity index (χ4v) is 3.20. The molecule has 150 valence electrons. The molecular formula is C20H32ClN5O. The molecule has 1 amide bonds. The summed E-state index contributed by atoms with van der Waals surface area (Å²) in [4.78, 5) is 18.8. The Morgan fingerprint density at radius 1 is 1.11 bits per heavy atom. The first-order chi connectivity index (χ1) is 13.1. The van der Waals surface area contributed by atoms with Crippen LogP contribution >= 0.6 is 11.6 Å². The number of nitrogens with one attached hydrogen (secondary N) is 3. The number of hydrogen-bond acceptors (Lipinski definition) is 3. The van der Waals surface area contributed by atoms with Crippen LogP contribution in [0.5, 0.6) is 0 Å². The molecule has 2 rings (SSSR count). The Bertz CT molecular complexity index is 597. The summed E-state index contributed by atoms with van der Waals surface area (Å²) in [5, 5.41) is 10.0. The van der Waals surface area contributed by atoms with Gasteiger partial charge in [-0.2, -0.15) is 0 Å². The predicted molar refractivity (Wildman–Crippen MR) is 113 cm³/mol. The Morgan fingerprint density at radius 2 is 1.74 bits per heavy atom. The minimum absolute atomic E-state index is 0.104. The van der Waals surface area contributed by atoms with Crippen LogP contribution in [0.15, 0.2) is 29.3 Å². The molecule has 3 N–H and O–H groups in total. The third-order valence-corrected chi connectivity index (χ3v) is 5.10. The molecule has 1 aliphatic heterocycles. The molecule has 0 radical (unpaired) electrons. The topological polar surface area (TPSA) is 68.8 Å². The van der Waals surface area contributed by atoms with Gasteiger partial charge < -0.3 is 20.9 Å². The van der Waals surface area contributed by atoms with Gasteiger partial charge in [0.25, 0.3) is 5.91 Å². The highest BCUT2D eigenvalue weighted by Gasteiger charge is 2.14. The normalized spacial score (nSPS) is 16.2. The van der Waals surface area contributed by atoms with E-state index in [2.05, 4.69) is 32.8 Å². The summed E-state index contributed by atoms with van der Waals surface area (Å²) in [6.45, 7) is 7.95. The molecular weight excluding hydrogens is 362 g/mol. The fourth-order valence-electron chi connectivity index (χ4n) is 3.08. The number of rotatable bonds is 8. The molecule has 0 aliphatic carbocycles. The maximum absolute atomic E-state index is 12.0. The van der Waals surface area contributed by atoms with Crippen molar-refractivity contribution in [2.24, 2.45) is 10.9 Å². The quantitative estimate of drug-likeness (QED) is 0.360. The van der Waals surface area contributed by atoms with Crippen LogP contribution in [-0.4, -0.2) is 63.1 Å². The number of carbonyl (C=O) groups excluding carboxylic acids is 1. The zero-order valence-corrected chi connectivity index (χ0v) is 17.2. The molecule has 1 aliphatic rings. The molecule has 0 atom stereocenters. The van der Waals surface area contributed by atoms with Crippen LogP contribution in [0.3, 0.4) is 0 Å². The van der Waals surface area contributed by atoms with Gasteiger partial charge in [-0.25, -0.2) is 0 Å². The van der Waals surface area contributed by atoms with Crippen molar-refractivity contribution in [1.29, 1.82) is 0 Å². The third kappa shape index (κ3) is 8.18. The lowest BCUT2D eigenvalue weighted by Crippen LogP contribution is -2.42. The van der Waals surface area contributed by atoms with Crippen LogP contribution in [0.1, 0.15) is 36.5 Å². The second-order valence-corrected chi connectivity index (χ2v) is 7.50. The first kappa shape index (κ1) is 21.5. The van der Waals surface area contributed by atoms with Crippen molar-refractivity contribution in [2.75, 3.05) is 46.3 Å². The Hall–Kier alpha value is -1.79. The molecule has 0 unspecified atom stereocenters. The highest BCUT2D eigenvalue weighted by molar-refractivity contribution is 6.30. The number of aliphatic imine (C=N–C) groups is 1. The molecule has 1 aromatic carbocycles. The standard InChI is InChI=1S/C20H32ClN5O/c1-16-8-14-26(15-9-16)13-3-10-24-20(22-2)25-12-11-23-19(27)17-4-6-18(21)7-5-17/h4-7,16H,3,8-15H2,1-2H3,(H,23,27)(H2,22,24,25). The molecule has 1 heterocycles. The molecule has 1 saturated heterocycles. The Morgan fingerprint density at radius 3 is 2.41 bits per heavy atom. The van der Waals surface area contributed by atoms with E-state index < -0.39 is 0 Å². The summed E-state index contributed by atoms with van der Waals surface area (Å²) in [6, 6.07) is 6.86. The van der Waals surface area contributed by atoms with Crippen LogP contribution in [0, 0.1) is 5.92 Å². The van der Waals surface area contributed by atoms with Crippen molar-refractivity contribution in [1.82, 2.24) is 20.9 Å². The number of halogens is 1. The zero-order chi connectivity index (χ0) is 19.5. The number of likely N-dealkylation sites (tertiary alicyclic amines) is 1. The lowest BCUT2D eigenvalue weighted by atomic mass is 9.99. The maximum atomic E-state index is 12.0. The summed E-state index contributed by atoms with van der Waals surface area (Å²) < 4.78 is 0. The van der Waals surface area contributed by atoms with Crippen molar-refractivity contribution in [3.63, 3.8) is 0 Å². The first-order valence-electron chi connectivity index (χ1n) is 9.79. The molecule has 0 saturated carbocycles. The minimum Gasteiger partial charge on any atom is -0.356 e. The van der Waals surface area contributed by atoms with Gasteiger partial charge in [0.1, 0.15) is 0 Å². The van der Waals surface area contributed by atoms with Gasteiger partial charge in [-0.3, -0.25) is 9.79 Å². The van der Waals surface area contributed by atoms with Gasteiger partial charge in [-0.05, 0) is 69.1 Å². The van der Waals surface area contributed by atoms with Gasteiger partial charge in [0.2, 0.25) is 0 Å². The van der Waals surface area contributed by atoms with Crippen molar-refractivity contribution in [3.05, 3.63) is 34.9 Å². The molecule has 0 spiro atoms. The lowest BCUT2D eigenvalue weighted by molar-refractivity contribution is 0.0954. The second-order valence-electron chi connectivity index (χ2n) is 7.07. The van der Waals surface area contributed by atoms with Gasteiger partial charge in [0.05, 0.1) is 0 Å². The van der Waals surface area contributed by atoms with Crippen LogP contribution in [0.2, 0.25) is 5.02 Å². The van der Waals surface area contributed by atoms with Crippen LogP contribution in [0.4, 0.5) is 0 Å². The van der Waals surface area contributed by atoms with E-state index in [0.717, 1.165) is 31.4 Å². The van der Waals surface area contributed by atoms with E-state index in [4.69, 9.17) is 11.6 Å². The minimum atomic E-state index is -0.104. The highest BCUT2D eigenvalue weighted by atomic mass is 35.5. The van der Waals surface area contributed by atoms with Crippen molar-refractivity contribution < 1.29 is 4.79 Å². The van der Waals surface area contributed by atoms with E-state index in [-0.39, 0.29) is 5.91 Å². The van der Waals surface area contributed by atoms with Crippen molar-refractivity contribution >= 4 is 23.5 Å². The van der Waals surface area contributed by atoms with E-state index in [9.17, 15) is 4.79 Å². The molecule has 27 heavy (non-hydrogen) atoms. The summed E-state index contributed by atoms with van der Waals surface area (Å²) in [7, 11) is 1.76. The number of benzene rings is 1. The van der Waals surface area contributed by atoms with Gasteiger partial charge in [0, 0.05) is 37.3 Å². The Balaban J connectivity index is 1.54. The second kappa shape index (κ2) is 11.8. The summed E-state index contributed by atoms with van der Waals surface area (Å²) in [5.74, 6) is 1.54. The number of nitrogens with zero attached hydrogens (tertiary/aromatic N) is 2. The van der Waals surface area contributed by atoms with E-state index in [1.54, 1.807) is 31.3 Å². The summed E-state index contributed by atoms with van der Waals surface area (Å²) in [5.41, 5.74) is 0.606. The van der Waals surface area contributed by atoms with Crippen molar-refractivity contribution in [3.8, 4) is 0 Å². The van der Waals surface area contributed by atoms with E-state index in [0.29, 0.717) is 23.7 Å². The molecule has 1 fully saturated rings. The molecule has 1 aromatic rings. The largest absolute Gasteiger partial charge is 0.356 e. The highest BCUT2D eigenvalue weighted by Crippen LogP contribution is 2.15. The van der Waals surface area contributed by atoms with E-state index in [1.165, 1.54) is 25.9 Å². The average Bonchev–Trinajstić information content (AvgIpc) is 2.68. The molecule has 0 aromatic heterocycles. The van der Waals surface area contributed by atoms with Gasteiger partial charge >= 0.3 is 0 Å². The predicted octanol–water partition coefficient (Wildman–Crippen LogP) is 2.36. The van der Waals surface area contributed by atoms with Crippen molar-refractivity contribution in [2.45, 2.75) is 26.2 Å². The zero-order valence-electron chi connectivity index (χ0n) is 16.4. The summed E-state index contributed by atoms with van der Waals surface area (Å²) in [6.07, 6.45) is 3.74. The third-order valence-electron chi connectivity index (χ3n) is 4.85. The summed E-state index contributed by atoms with van der Waals surface area (Å²) >= 11 is 5.83. The van der Waals surface area contributed by atoms with Gasteiger partial charge in [-0.1, -0.05) is 18.5 Å². The van der Waals surface area contributed by atoms with Crippen LogP contribution < -0.4 is 16.0 Å². The number of piperidine rings is 1. The number of hydrogen-bond donors (Lipinski definition) is 3. The van der Waals surface area contributed by atoms with Crippen LogP contribution in [-0.2, 0) is 0 Å². The fraction of sp³-hybridized carbons (Fsp3) is 0.600. The number of carbonyl (C=O) groups is 1. The molecule has 7 heteroatoms. The number of amides is 1. The Kier molecular flexibility index (Phi) is 9.42. The molecule has 6 nitrogen and oxygen atoms in total. The number of guanidine groups is 1. The maximum Gasteiger partial charge on any atom is 0.251 e. The Labute approximate surface area is 167 Å². The van der Waals surface area contributed by atoms with Crippen LogP contribution in [0.25, 0.3) is 0 Å². The SMILES string of the molecule is CN=C(NCCCN1CCC(C)CC1)NCCNC(=O)c1ccc(Cl)cc1. The monoisotopic (exact) mass is 393 g/mol. The van der Waals surface area contributed by atoms with E-state index >= 15 is 0 Å². The van der Waals surface area contributed by atoms with Gasteiger partial charge in [0.15, 0.2) is 5.96 Å². The van der Waals surface area contributed by atoms with E-state index in [1.807, 2.05) is 0 Å². The first-order valence-corrected chi connectivity index (χ1v) is 10.2.